The Hall–Kier alpha value is -1.35. The van der Waals surface area contributed by atoms with Gasteiger partial charge in [0, 0.05) is 6.54 Å². The van der Waals surface area contributed by atoms with Gasteiger partial charge in [0.15, 0.2) is 0 Å². The third kappa shape index (κ3) is 2.80. The molecule has 0 aliphatic carbocycles. The normalized spacial score (nSPS) is 14.3. The SMILES string of the molecule is COC(=O)C(C)(CN)Cc1ccccc1. The van der Waals surface area contributed by atoms with Crippen molar-refractivity contribution in [2.24, 2.45) is 11.1 Å². The molecule has 1 unspecified atom stereocenters. The molecule has 0 bridgehead atoms. The molecule has 0 saturated carbocycles. The van der Waals surface area contributed by atoms with Gasteiger partial charge >= 0.3 is 5.97 Å². The number of carbonyl (C=O) groups is 1. The molecule has 3 heteroatoms. The maximum absolute atomic E-state index is 11.6. The lowest BCUT2D eigenvalue weighted by atomic mass is 9.84. The molecule has 2 N–H and O–H groups in total. The second kappa shape index (κ2) is 4.94. The first-order chi connectivity index (χ1) is 7.12. The van der Waals surface area contributed by atoms with E-state index in [0.717, 1.165) is 5.56 Å². The minimum atomic E-state index is -0.629. The molecule has 15 heavy (non-hydrogen) atoms. The van der Waals surface area contributed by atoms with Gasteiger partial charge in [-0.15, -0.1) is 0 Å². The summed E-state index contributed by atoms with van der Waals surface area (Å²) in [7, 11) is 1.39. The predicted molar refractivity (Wildman–Crippen MR) is 59.3 cm³/mol. The van der Waals surface area contributed by atoms with Crippen LogP contribution in [0, 0.1) is 5.41 Å². The van der Waals surface area contributed by atoms with Crippen LogP contribution in [0.15, 0.2) is 30.3 Å². The van der Waals surface area contributed by atoms with E-state index < -0.39 is 5.41 Å². The minimum Gasteiger partial charge on any atom is -0.469 e. The highest BCUT2D eigenvalue weighted by atomic mass is 16.5. The molecule has 0 amide bonds. The van der Waals surface area contributed by atoms with Crippen LogP contribution in [-0.4, -0.2) is 19.6 Å². The van der Waals surface area contributed by atoms with Crippen LogP contribution >= 0.6 is 0 Å². The third-order valence-electron chi connectivity index (χ3n) is 2.57. The Bertz CT molecular complexity index is 324. The minimum absolute atomic E-state index is 0.256. The summed E-state index contributed by atoms with van der Waals surface area (Å²) < 4.78 is 4.76. The number of hydrogen-bond donors (Lipinski definition) is 1. The zero-order chi connectivity index (χ0) is 11.3. The van der Waals surface area contributed by atoms with Crippen LogP contribution in [0.3, 0.4) is 0 Å². The maximum atomic E-state index is 11.6. The summed E-state index contributed by atoms with van der Waals surface area (Å²) in [6.45, 7) is 2.11. The Morgan fingerprint density at radius 1 is 1.40 bits per heavy atom. The predicted octanol–water partition coefficient (Wildman–Crippen LogP) is 1.37. The molecule has 1 aromatic rings. The Morgan fingerprint density at radius 2 is 2.00 bits per heavy atom. The van der Waals surface area contributed by atoms with Crippen molar-refractivity contribution >= 4 is 5.97 Å². The van der Waals surface area contributed by atoms with Gasteiger partial charge < -0.3 is 10.5 Å². The Balaban J connectivity index is 2.81. The molecule has 0 saturated heterocycles. The highest BCUT2D eigenvalue weighted by Gasteiger charge is 2.32. The van der Waals surface area contributed by atoms with Crippen LogP contribution in [0.1, 0.15) is 12.5 Å². The number of rotatable bonds is 4. The molecule has 1 rings (SSSR count). The molecule has 0 heterocycles. The van der Waals surface area contributed by atoms with Crippen molar-refractivity contribution in [1.29, 1.82) is 0 Å². The zero-order valence-electron chi connectivity index (χ0n) is 9.19. The summed E-state index contributed by atoms with van der Waals surface area (Å²) in [4.78, 5) is 11.6. The number of nitrogens with two attached hydrogens (primary N) is 1. The van der Waals surface area contributed by atoms with Crippen LogP contribution < -0.4 is 5.73 Å². The van der Waals surface area contributed by atoms with Crippen molar-refractivity contribution < 1.29 is 9.53 Å². The summed E-state index contributed by atoms with van der Waals surface area (Å²) in [6.07, 6.45) is 0.608. The molecule has 3 nitrogen and oxygen atoms in total. The molecule has 0 aromatic heterocycles. The summed E-state index contributed by atoms with van der Waals surface area (Å²) in [6, 6.07) is 9.81. The topological polar surface area (TPSA) is 52.3 Å². The first-order valence-corrected chi connectivity index (χ1v) is 4.95. The van der Waals surface area contributed by atoms with Crippen LogP contribution in [0.5, 0.6) is 0 Å². The largest absolute Gasteiger partial charge is 0.469 e. The standard InChI is InChI=1S/C12H17NO2/c1-12(9-13,11(14)15-2)8-10-6-4-3-5-7-10/h3-7H,8-9,13H2,1-2H3. The zero-order valence-corrected chi connectivity index (χ0v) is 9.19. The molecule has 0 aliphatic heterocycles. The van der Waals surface area contributed by atoms with E-state index in [-0.39, 0.29) is 12.5 Å². The smallest absolute Gasteiger partial charge is 0.313 e. The number of ether oxygens (including phenoxy) is 1. The first kappa shape index (κ1) is 11.7. The van der Waals surface area contributed by atoms with E-state index in [1.54, 1.807) is 0 Å². The fourth-order valence-electron chi connectivity index (χ4n) is 1.52. The van der Waals surface area contributed by atoms with Crippen molar-refractivity contribution in [3.8, 4) is 0 Å². The molecule has 1 atom stereocenters. The van der Waals surface area contributed by atoms with Gasteiger partial charge in [0.2, 0.25) is 0 Å². The van der Waals surface area contributed by atoms with Gasteiger partial charge in [-0.25, -0.2) is 0 Å². The Kier molecular flexibility index (Phi) is 3.86. The number of methoxy groups -OCH3 is 1. The molecule has 0 radical (unpaired) electrons. The molecule has 0 spiro atoms. The summed E-state index contributed by atoms with van der Waals surface area (Å²) in [5, 5.41) is 0. The highest BCUT2D eigenvalue weighted by molar-refractivity contribution is 5.77. The molecule has 0 aliphatic rings. The van der Waals surface area contributed by atoms with E-state index in [0.29, 0.717) is 6.42 Å². The summed E-state index contributed by atoms with van der Waals surface area (Å²) in [5.41, 5.74) is 6.10. The summed E-state index contributed by atoms with van der Waals surface area (Å²) >= 11 is 0. The van der Waals surface area contributed by atoms with E-state index in [4.69, 9.17) is 10.5 Å². The van der Waals surface area contributed by atoms with Crippen molar-refractivity contribution in [3.05, 3.63) is 35.9 Å². The average molecular weight is 207 g/mol. The first-order valence-electron chi connectivity index (χ1n) is 4.95. The van der Waals surface area contributed by atoms with Crippen LogP contribution in [-0.2, 0) is 16.0 Å². The van der Waals surface area contributed by atoms with E-state index in [2.05, 4.69) is 0 Å². The third-order valence-corrected chi connectivity index (χ3v) is 2.57. The van der Waals surface area contributed by atoms with Gasteiger partial charge in [-0.05, 0) is 18.9 Å². The second-order valence-electron chi connectivity index (χ2n) is 3.92. The number of esters is 1. The number of hydrogen-bond acceptors (Lipinski definition) is 3. The molecule has 82 valence electrons. The quantitative estimate of drug-likeness (QED) is 0.759. The van der Waals surface area contributed by atoms with E-state index in [9.17, 15) is 4.79 Å². The van der Waals surface area contributed by atoms with Crippen molar-refractivity contribution in [3.63, 3.8) is 0 Å². The molecular weight excluding hydrogens is 190 g/mol. The fourth-order valence-corrected chi connectivity index (χ4v) is 1.52. The molecule has 1 aromatic carbocycles. The van der Waals surface area contributed by atoms with Crippen molar-refractivity contribution in [2.45, 2.75) is 13.3 Å². The monoisotopic (exact) mass is 207 g/mol. The van der Waals surface area contributed by atoms with Crippen molar-refractivity contribution in [1.82, 2.24) is 0 Å². The van der Waals surface area contributed by atoms with E-state index in [1.807, 2.05) is 37.3 Å². The van der Waals surface area contributed by atoms with E-state index in [1.165, 1.54) is 7.11 Å². The fraction of sp³-hybridized carbons (Fsp3) is 0.417. The molecular formula is C12H17NO2. The van der Waals surface area contributed by atoms with Crippen LogP contribution in [0.2, 0.25) is 0 Å². The average Bonchev–Trinajstić information content (AvgIpc) is 2.29. The van der Waals surface area contributed by atoms with Gasteiger partial charge in [-0.3, -0.25) is 4.79 Å². The summed E-state index contributed by atoms with van der Waals surface area (Å²) in [5.74, 6) is -0.256. The second-order valence-corrected chi connectivity index (χ2v) is 3.92. The Labute approximate surface area is 90.2 Å². The lowest BCUT2D eigenvalue weighted by Gasteiger charge is -2.24. The van der Waals surface area contributed by atoms with Gasteiger partial charge in [-0.1, -0.05) is 30.3 Å². The number of benzene rings is 1. The van der Waals surface area contributed by atoms with Gasteiger partial charge in [0.05, 0.1) is 12.5 Å². The molecule has 0 fully saturated rings. The van der Waals surface area contributed by atoms with Gasteiger partial charge in [-0.2, -0.15) is 0 Å². The van der Waals surface area contributed by atoms with Crippen molar-refractivity contribution in [2.75, 3.05) is 13.7 Å². The van der Waals surface area contributed by atoms with Gasteiger partial charge in [0.1, 0.15) is 0 Å². The maximum Gasteiger partial charge on any atom is 0.313 e. The lowest BCUT2D eigenvalue weighted by molar-refractivity contribution is -0.151. The number of carbonyl (C=O) groups excluding carboxylic acids is 1. The van der Waals surface area contributed by atoms with Crippen LogP contribution in [0.25, 0.3) is 0 Å². The lowest BCUT2D eigenvalue weighted by Crippen LogP contribution is -2.38. The van der Waals surface area contributed by atoms with Gasteiger partial charge in [0.25, 0.3) is 0 Å². The Morgan fingerprint density at radius 3 is 2.47 bits per heavy atom. The van der Waals surface area contributed by atoms with Crippen LogP contribution in [0.4, 0.5) is 0 Å². The highest BCUT2D eigenvalue weighted by Crippen LogP contribution is 2.22. The van der Waals surface area contributed by atoms with E-state index >= 15 is 0 Å².